The van der Waals surface area contributed by atoms with Gasteiger partial charge >= 0.3 is 0 Å². The molecule has 0 amide bonds. The van der Waals surface area contributed by atoms with Crippen LogP contribution in [0.25, 0.3) is 0 Å². The number of nitrogens with zero attached hydrogens (tertiary/aromatic N) is 2. The summed E-state index contributed by atoms with van der Waals surface area (Å²) < 4.78 is 23.1. The van der Waals surface area contributed by atoms with Gasteiger partial charge in [-0.05, 0) is 6.42 Å². The van der Waals surface area contributed by atoms with Crippen molar-refractivity contribution in [2.45, 2.75) is 18.5 Å². The van der Waals surface area contributed by atoms with E-state index in [1.807, 2.05) is 0 Å². The number of H-pyrrole nitrogens is 1. The minimum absolute atomic E-state index is 0.0702. The molecule has 1 aliphatic heterocycles. The van der Waals surface area contributed by atoms with E-state index in [4.69, 9.17) is 9.47 Å². The van der Waals surface area contributed by atoms with Gasteiger partial charge in [-0.25, -0.2) is 4.39 Å². The Labute approximate surface area is 98.9 Å². The van der Waals surface area contributed by atoms with Crippen LogP contribution in [-0.4, -0.2) is 54.8 Å². The number of alkyl halides is 1. The number of halogens is 1. The molecule has 0 spiro atoms. The number of rotatable bonds is 6. The zero-order chi connectivity index (χ0) is 12.1. The number of aromatic nitrogens is 3. The summed E-state index contributed by atoms with van der Waals surface area (Å²) in [5.41, 5.74) is 0. The first kappa shape index (κ1) is 12.3. The van der Waals surface area contributed by atoms with E-state index in [1.54, 1.807) is 0 Å². The molecular formula is C10H17FN4O2. The smallest absolute Gasteiger partial charge is 0.242 e. The Morgan fingerprint density at radius 3 is 3.29 bits per heavy atom. The summed E-state index contributed by atoms with van der Waals surface area (Å²) >= 11 is 0. The fourth-order valence-electron chi connectivity index (χ4n) is 1.73. The Hall–Kier alpha value is -1.21. The molecule has 0 bridgehead atoms. The number of ether oxygens (including phenoxy) is 2. The van der Waals surface area contributed by atoms with Gasteiger partial charge in [0.15, 0.2) is 0 Å². The molecule has 1 fully saturated rings. The third-order valence-electron chi connectivity index (χ3n) is 2.65. The maximum Gasteiger partial charge on any atom is 0.242 e. The first-order valence-electron chi connectivity index (χ1n) is 5.66. The SMILES string of the molecule is COCC(F)CNc1n[nH]c(C2CCOC2)n1. The predicted octanol–water partition coefficient (Wildman–Crippen LogP) is 0.705. The number of methoxy groups -OCH3 is 1. The number of nitrogens with one attached hydrogen (secondary N) is 2. The van der Waals surface area contributed by atoms with Crippen LogP contribution in [-0.2, 0) is 9.47 Å². The van der Waals surface area contributed by atoms with E-state index >= 15 is 0 Å². The Balaban J connectivity index is 1.81. The van der Waals surface area contributed by atoms with Gasteiger partial charge < -0.3 is 14.8 Å². The molecule has 6 nitrogen and oxygen atoms in total. The third kappa shape index (κ3) is 3.37. The van der Waals surface area contributed by atoms with Crippen molar-refractivity contribution < 1.29 is 13.9 Å². The molecule has 2 rings (SSSR count). The molecule has 1 aromatic heterocycles. The normalized spacial score (nSPS) is 21.6. The molecule has 1 saturated heterocycles. The van der Waals surface area contributed by atoms with E-state index in [-0.39, 0.29) is 19.1 Å². The fraction of sp³-hybridized carbons (Fsp3) is 0.800. The van der Waals surface area contributed by atoms with Gasteiger partial charge in [0.25, 0.3) is 0 Å². The fourth-order valence-corrected chi connectivity index (χ4v) is 1.73. The molecular weight excluding hydrogens is 227 g/mol. The number of hydrogen-bond acceptors (Lipinski definition) is 5. The topological polar surface area (TPSA) is 72.1 Å². The van der Waals surface area contributed by atoms with Crippen LogP contribution in [0.3, 0.4) is 0 Å². The van der Waals surface area contributed by atoms with Gasteiger partial charge in [-0.1, -0.05) is 0 Å². The van der Waals surface area contributed by atoms with Gasteiger partial charge in [-0.15, -0.1) is 5.10 Å². The lowest BCUT2D eigenvalue weighted by atomic mass is 10.1. The summed E-state index contributed by atoms with van der Waals surface area (Å²) in [6.45, 7) is 1.64. The third-order valence-corrected chi connectivity index (χ3v) is 2.65. The number of anilines is 1. The number of aromatic amines is 1. The van der Waals surface area contributed by atoms with Crippen molar-refractivity contribution in [2.24, 2.45) is 0 Å². The summed E-state index contributed by atoms with van der Waals surface area (Å²) in [6.07, 6.45) is -0.110. The minimum Gasteiger partial charge on any atom is -0.382 e. The summed E-state index contributed by atoms with van der Waals surface area (Å²) in [4.78, 5) is 4.26. The Bertz CT molecular complexity index is 341. The van der Waals surface area contributed by atoms with Crippen LogP contribution in [0, 0.1) is 0 Å². The molecule has 0 aromatic carbocycles. The average Bonchev–Trinajstić information content (AvgIpc) is 2.97. The van der Waals surface area contributed by atoms with Gasteiger partial charge in [-0.3, -0.25) is 5.10 Å². The molecule has 0 aliphatic carbocycles. The second-order valence-electron chi connectivity index (χ2n) is 4.04. The largest absolute Gasteiger partial charge is 0.382 e. The van der Waals surface area contributed by atoms with E-state index < -0.39 is 6.17 Å². The number of hydrogen-bond donors (Lipinski definition) is 2. The summed E-state index contributed by atoms with van der Waals surface area (Å²) in [5, 5.41) is 9.65. The van der Waals surface area contributed by atoms with Gasteiger partial charge in [0.05, 0.1) is 19.8 Å². The van der Waals surface area contributed by atoms with Crippen LogP contribution >= 0.6 is 0 Å². The van der Waals surface area contributed by atoms with E-state index in [0.29, 0.717) is 12.6 Å². The highest BCUT2D eigenvalue weighted by molar-refractivity contribution is 5.23. The summed E-state index contributed by atoms with van der Waals surface area (Å²) in [5.74, 6) is 1.50. The molecule has 7 heteroatoms. The van der Waals surface area contributed by atoms with Crippen molar-refractivity contribution in [1.29, 1.82) is 0 Å². The Morgan fingerprint density at radius 2 is 2.59 bits per heavy atom. The van der Waals surface area contributed by atoms with Crippen LogP contribution in [0.15, 0.2) is 0 Å². The zero-order valence-electron chi connectivity index (χ0n) is 9.78. The van der Waals surface area contributed by atoms with Crippen molar-refractivity contribution in [3.05, 3.63) is 5.82 Å². The first-order chi connectivity index (χ1) is 8.29. The molecule has 2 atom stereocenters. The lowest BCUT2D eigenvalue weighted by Gasteiger charge is -2.06. The average molecular weight is 244 g/mol. The second-order valence-corrected chi connectivity index (χ2v) is 4.04. The van der Waals surface area contributed by atoms with Crippen LogP contribution < -0.4 is 5.32 Å². The molecule has 2 N–H and O–H groups in total. The van der Waals surface area contributed by atoms with Crippen LogP contribution in [0.5, 0.6) is 0 Å². The molecule has 96 valence electrons. The standard InChI is InChI=1S/C10H17FN4O2/c1-16-6-8(11)4-12-10-13-9(14-15-10)7-2-3-17-5-7/h7-8H,2-6H2,1H3,(H2,12,13,14,15). The summed E-state index contributed by atoms with van der Waals surface area (Å²) in [6, 6.07) is 0. The van der Waals surface area contributed by atoms with Gasteiger partial charge in [0, 0.05) is 19.6 Å². The monoisotopic (exact) mass is 244 g/mol. The van der Waals surface area contributed by atoms with Crippen LogP contribution in [0.2, 0.25) is 0 Å². The summed E-state index contributed by atoms with van der Waals surface area (Å²) in [7, 11) is 1.47. The molecule has 17 heavy (non-hydrogen) atoms. The van der Waals surface area contributed by atoms with Gasteiger partial charge in [0.1, 0.15) is 12.0 Å². The Kier molecular flexibility index (Phi) is 4.27. The van der Waals surface area contributed by atoms with Crippen molar-refractivity contribution >= 4 is 5.95 Å². The van der Waals surface area contributed by atoms with E-state index in [9.17, 15) is 4.39 Å². The highest BCUT2D eigenvalue weighted by Gasteiger charge is 2.21. The molecule has 0 saturated carbocycles. The molecule has 2 unspecified atom stereocenters. The first-order valence-corrected chi connectivity index (χ1v) is 5.66. The molecule has 0 radical (unpaired) electrons. The van der Waals surface area contributed by atoms with E-state index in [2.05, 4.69) is 20.5 Å². The minimum atomic E-state index is -1.06. The van der Waals surface area contributed by atoms with Crippen molar-refractivity contribution in [1.82, 2.24) is 15.2 Å². The lowest BCUT2D eigenvalue weighted by molar-refractivity contribution is 0.130. The maximum absolute atomic E-state index is 13.1. The van der Waals surface area contributed by atoms with Gasteiger partial charge in [-0.2, -0.15) is 4.98 Å². The predicted molar refractivity (Wildman–Crippen MR) is 59.8 cm³/mol. The van der Waals surface area contributed by atoms with Gasteiger partial charge in [0.2, 0.25) is 5.95 Å². The highest BCUT2D eigenvalue weighted by Crippen LogP contribution is 2.22. The van der Waals surface area contributed by atoms with Crippen molar-refractivity contribution in [3.8, 4) is 0 Å². The lowest BCUT2D eigenvalue weighted by Crippen LogP contribution is -2.20. The maximum atomic E-state index is 13.1. The van der Waals surface area contributed by atoms with Crippen LogP contribution in [0.4, 0.5) is 10.3 Å². The van der Waals surface area contributed by atoms with E-state index in [0.717, 1.165) is 18.9 Å². The van der Waals surface area contributed by atoms with Crippen LogP contribution in [0.1, 0.15) is 18.2 Å². The second kappa shape index (κ2) is 5.92. The highest BCUT2D eigenvalue weighted by atomic mass is 19.1. The zero-order valence-corrected chi connectivity index (χ0v) is 9.78. The molecule has 1 aromatic rings. The van der Waals surface area contributed by atoms with Crippen molar-refractivity contribution in [2.75, 3.05) is 38.8 Å². The molecule has 1 aliphatic rings. The van der Waals surface area contributed by atoms with Crippen molar-refractivity contribution in [3.63, 3.8) is 0 Å². The molecule has 2 heterocycles. The Morgan fingerprint density at radius 1 is 1.71 bits per heavy atom. The van der Waals surface area contributed by atoms with E-state index in [1.165, 1.54) is 7.11 Å². The quantitative estimate of drug-likeness (QED) is 0.771.